The summed E-state index contributed by atoms with van der Waals surface area (Å²) in [6.45, 7) is 0. The first-order chi connectivity index (χ1) is 9.04. The van der Waals surface area contributed by atoms with Crippen molar-refractivity contribution in [3.8, 4) is 0 Å². The van der Waals surface area contributed by atoms with E-state index in [1.54, 1.807) is 0 Å². The molecule has 0 aliphatic heterocycles. The summed E-state index contributed by atoms with van der Waals surface area (Å²) in [5, 5.41) is 0. The fourth-order valence-electron chi connectivity index (χ4n) is 1.30. The van der Waals surface area contributed by atoms with Gasteiger partial charge in [0, 0.05) is 0 Å². The minimum Gasteiger partial charge on any atom is -0.466 e. The number of hydrogen-bond donors (Lipinski definition) is 0. The van der Waals surface area contributed by atoms with Crippen LogP contribution < -0.4 is 0 Å². The van der Waals surface area contributed by atoms with Gasteiger partial charge in [-0.05, 0) is 0 Å². The molecule has 1 aliphatic carbocycles. The summed E-state index contributed by atoms with van der Waals surface area (Å²) in [4.78, 5) is 0. The third-order valence-corrected chi connectivity index (χ3v) is 2.29. The molecular formula is C8H2F12O. The second-order valence-electron chi connectivity index (χ2n) is 3.82. The van der Waals surface area contributed by atoms with Gasteiger partial charge in [0.2, 0.25) is 11.9 Å². The Labute approximate surface area is 107 Å². The smallest absolute Gasteiger partial charge is 0.434 e. The average Bonchev–Trinajstić information content (AvgIpc) is 2.32. The first kappa shape index (κ1) is 17.8. The Bertz CT molecular complexity index is 429. The maximum Gasteiger partial charge on any atom is 0.434 e. The second-order valence-corrected chi connectivity index (χ2v) is 3.82. The van der Waals surface area contributed by atoms with Gasteiger partial charge < -0.3 is 4.74 Å². The van der Waals surface area contributed by atoms with E-state index in [4.69, 9.17) is 0 Å². The van der Waals surface area contributed by atoms with Crippen LogP contribution in [0.5, 0.6) is 0 Å². The third-order valence-electron chi connectivity index (χ3n) is 2.29. The van der Waals surface area contributed by atoms with Crippen LogP contribution in [0.2, 0.25) is 0 Å². The van der Waals surface area contributed by atoms with Crippen LogP contribution in [0.4, 0.5) is 52.7 Å². The lowest BCUT2D eigenvalue weighted by atomic mass is 10.2. The Hall–Kier alpha value is -1.30. The van der Waals surface area contributed by atoms with Crippen molar-refractivity contribution in [2.75, 3.05) is 0 Å². The van der Waals surface area contributed by atoms with Gasteiger partial charge in [0.25, 0.3) is 6.10 Å². The molecule has 0 radical (unpaired) electrons. The van der Waals surface area contributed by atoms with Gasteiger partial charge in [-0.3, -0.25) is 0 Å². The van der Waals surface area contributed by atoms with E-state index in [-0.39, 0.29) is 0 Å². The molecule has 1 rings (SSSR count). The molecule has 0 heterocycles. The van der Waals surface area contributed by atoms with Crippen molar-refractivity contribution in [3.63, 3.8) is 0 Å². The number of allylic oxidation sites excluding steroid dienone is 2. The summed E-state index contributed by atoms with van der Waals surface area (Å²) < 4.78 is 151. The fourth-order valence-corrected chi connectivity index (χ4v) is 1.30. The Kier molecular flexibility index (Phi) is 3.89. The van der Waals surface area contributed by atoms with Gasteiger partial charge in [0.1, 0.15) is 0 Å². The minimum atomic E-state index is -6.37. The molecule has 0 fully saturated rings. The highest BCUT2D eigenvalue weighted by Gasteiger charge is 2.75. The summed E-state index contributed by atoms with van der Waals surface area (Å²) in [6.07, 6.45) is -22.2. The van der Waals surface area contributed by atoms with E-state index in [0.717, 1.165) is 0 Å². The van der Waals surface area contributed by atoms with Crippen molar-refractivity contribution >= 4 is 0 Å². The highest BCUT2D eigenvalue weighted by Crippen LogP contribution is 2.54. The van der Waals surface area contributed by atoms with Crippen LogP contribution in [-0.4, -0.2) is 36.5 Å². The Morgan fingerprint density at radius 2 is 1.29 bits per heavy atom. The highest BCUT2D eigenvalue weighted by atomic mass is 19.4. The molecule has 0 amide bonds. The molecule has 0 aromatic carbocycles. The molecule has 124 valence electrons. The number of alkyl halides is 11. The lowest BCUT2D eigenvalue weighted by Gasteiger charge is -2.27. The van der Waals surface area contributed by atoms with Gasteiger partial charge in [-0.25, -0.2) is 8.78 Å². The van der Waals surface area contributed by atoms with Crippen LogP contribution in [0.15, 0.2) is 11.6 Å². The molecular weight excluding hydrogens is 340 g/mol. The molecule has 0 spiro atoms. The van der Waals surface area contributed by atoms with Crippen LogP contribution in [0.3, 0.4) is 0 Å². The molecule has 1 aliphatic rings. The van der Waals surface area contributed by atoms with E-state index in [0.29, 0.717) is 0 Å². The topological polar surface area (TPSA) is 9.23 Å². The number of rotatable bonds is 2. The lowest BCUT2D eigenvalue weighted by molar-refractivity contribution is -0.322. The van der Waals surface area contributed by atoms with E-state index < -0.39 is 48.1 Å². The molecule has 0 saturated carbocycles. The largest absolute Gasteiger partial charge is 0.466 e. The molecule has 0 bridgehead atoms. The minimum absolute atomic E-state index is 2.66. The van der Waals surface area contributed by atoms with Gasteiger partial charge >= 0.3 is 24.2 Å². The van der Waals surface area contributed by atoms with Crippen molar-refractivity contribution < 1.29 is 57.4 Å². The molecule has 13 heteroatoms. The fraction of sp³-hybridized carbons (Fsp3) is 0.750. The Morgan fingerprint density at radius 3 is 1.52 bits per heavy atom. The van der Waals surface area contributed by atoms with Crippen molar-refractivity contribution in [1.82, 2.24) is 0 Å². The quantitative estimate of drug-likeness (QED) is 0.680. The standard InChI is InChI=1S/C8H2F12O/c9-1-2(10)5(11,12)6(13,14)3(1)21-4(7(15,16)17)8(18,19)20/h2,4H. The zero-order valence-electron chi connectivity index (χ0n) is 9.10. The Balaban J connectivity index is 3.28. The van der Waals surface area contributed by atoms with Crippen LogP contribution in [-0.2, 0) is 4.74 Å². The van der Waals surface area contributed by atoms with Gasteiger partial charge in [-0.2, -0.15) is 43.9 Å². The van der Waals surface area contributed by atoms with Gasteiger partial charge in [0.05, 0.1) is 0 Å². The number of ether oxygens (including phenoxy) is 1. The molecule has 0 saturated heterocycles. The first-order valence-electron chi connectivity index (χ1n) is 4.64. The van der Waals surface area contributed by atoms with E-state index in [2.05, 4.69) is 4.74 Å². The van der Waals surface area contributed by atoms with Crippen LogP contribution in [0.25, 0.3) is 0 Å². The van der Waals surface area contributed by atoms with Crippen LogP contribution in [0.1, 0.15) is 0 Å². The summed E-state index contributed by atoms with van der Waals surface area (Å²) in [6, 6.07) is 0. The summed E-state index contributed by atoms with van der Waals surface area (Å²) in [5.41, 5.74) is 0. The van der Waals surface area contributed by atoms with Crippen molar-refractivity contribution in [2.45, 2.75) is 36.5 Å². The Morgan fingerprint density at radius 1 is 0.905 bits per heavy atom. The second kappa shape index (κ2) is 4.60. The van der Waals surface area contributed by atoms with E-state index in [1.165, 1.54) is 0 Å². The van der Waals surface area contributed by atoms with E-state index >= 15 is 0 Å². The SMILES string of the molecule is FC1=C(OC(C(F)(F)F)C(F)(F)F)C(F)(F)C(F)(F)C1F. The molecule has 1 atom stereocenters. The van der Waals surface area contributed by atoms with Gasteiger partial charge in [0.15, 0.2) is 5.83 Å². The summed E-state index contributed by atoms with van der Waals surface area (Å²) in [5.74, 6) is -18.5. The predicted octanol–water partition coefficient (Wildman–Crippen LogP) is 4.30. The van der Waals surface area contributed by atoms with Crippen molar-refractivity contribution in [2.24, 2.45) is 0 Å². The number of halogens is 12. The zero-order valence-corrected chi connectivity index (χ0v) is 9.10. The molecule has 0 aromatic rings. The van der Waals surface area contributed by atoms with Crippen molar-refractivity contribution in [3.05, 3.63) is 11.6 Å². The van der Waals surface area contributed by atoms with E-state index in [1.807, 2.05) is 0 Å². The molecule has 21 heavy (non-hydrogen) atoms. The van der Waals surface area contributed by atoms with Gasteiger partial charge in [-0.1, -0.05) is 0 Å². The lowest BCUT2D eigenvalue weighted by Crippen LogP contribution is -2.48. The van der Waals surface area contributed by atoms with Crippen LogP contribution in [0, 0.1) is 0 Å². The molecule has 0 aromatic heterocycles. The van der Waals surface area contributed by atoms with Crippen LogP contribution >= 0.6 is 0 Å². The maximum absolute atomic E-state index is 12.9. The average molecular weight is 342 g/mol. The van der Waals surface area contributed by atoms with Crippen molar-refractivity contribution in [1.29, 1.82) is 0 Å². The highest BCUT2D eigenvalue weighted by molar-refractivity contribution is 5.30. The summed E-state index contributed by atoms with van der Waals surface area (Å²) in [7, 11) is 0. The maximum atomic E-state index is 12.9. The molecule has 1 unspecified atom stereocenters. The molecule has 1 nitrogen and oxygen atoms in total. The first-order valence-corrected chi connectivity index (χ1v) is 4.64. The summed E-state index contributed by atoms with van der Waals surface area (Å²) >= 11 is 0. The number of hydrogen-bond acceptors (Lipinski definition) is 1. The monoisotopic (exact) mass is 342 g/mol. The zero-order chi connectivity index (χ0) is 17.0. The third kappa shape index (κ3) is 2.73. The molecule has 0 N–H and O–H groups in total. The normalized spacial score (nSPS) is 25.7. The van der Waals surface area contributed by atoms with E-state index in [9.17, 15) is 52.7 Å². The van der Waals surface area contributed by atoms with Gasteiger partial charge in [-0.15, -0.1) is 0 Å². The predicted molar refractivity (Wildman–Crippen MR) is 39.9 cm³/mol.